The molecule has 0 aromatic rings. The zero-order valence-electron chi connectivity index (χ0n) is 8.12. The average Bonchev–Trinajstić information content (AvgIpc) is 2.18. The SMILES string of the molecule is C=CC(C)(O)C(=O)N1CCCCC1. The van der Waals surface area contributed by atoms with Gasteiger partial charge in [-0.25, -0.2) is 0 Å². The molecule has 1 unspecified atom stereocenters. The van der Waals surface area contributed by atoms with E-state index in [1.807, 2.05) is 0 Å². The van der Waals surface area contributed by atoms with E-state index >= 15 is 0 Å². The van der Waals surface area contributed by atoms with Crippen LogP contribution in [-0.4, -0.2) is 34.6 Å². The lowest BCUT2D eigenvalue weighted by atomic mass is 10.0. The normalized spacial score (nSPS) is 22.2. The fourth-order valence-corrected chi connectivity index (χ4v) is 1.50. The molecule has 1 aliphatic heterocycles. The van der Waals surface area contributed by atoms with Gasteiger partial charge in [0.1, 0.15) is 0 Å². The number of amides is 1. The van der Waals surface area contributed by atoms with Crippen molar-refractivity contribution in [2.75, 3.05) is 13.1 Å². The van der Waals surface area contributed by atoms with Crippen LogP contribution in [0.25, 0.3) is 0 Å². The maximum Gasteiger partial charge on any atom is 0.258 e. The summed E-state index contributed by atoms with van der Waals surface area (Å²) >= 11 is 0. The Morgan fingerprint density at radius 2 is 2.00 bits per heavy atom. The first-order chi connectivity index (χ1) is 6.08. The molecule has 1 amide bonds. The van der Waals surface area contributed by atoms with Gasteiger partial charge in [0.25, 0.3) is 5.91 Å². The van der Waals surface area contributed by atoms with Gasteiger partial charge in [0, 0.05) is 13.1 Å². The van der Waals surface area contributed by atoms with Gasteiger partial charge in [0.15, 0.2) is 5.60 Å². The minimum Gasteiger partial charge on any atom is -0.376 e. The van der Waals surface area contributed by atoms with Crippen molar-refractivity contribution in [3.8, 4) is 0 Å². The monoisotopic (exact) mass is 183 g/mol. The third-order valence-corrected chi connectivity index (χ3v) is 2.47. The van der Waals surface area contributed by atoms with Gasteiger partial charge >= 0.3 is 0 Å². The predicted octanol–water partition coefficient (Wildman–Crippen LogP) is 0.936. The number of hydrogen-bond donors (Lipinski definition) is 1. The lowest BCUT2D eigenvalue weighted by Gasteiger charge is -2.31. The summed E-state index contributed by atoms with van der Waals surface area (Å²) in [4.78, 5) is 13.4. The maximum absolute atomic E-state index is 11.7. The van der Waals surface area contributed by atoms with Crippen LogP contribution in [0.1, 0.15) is 26.2 Å². The Balaban J connectivity index is 2.60. The van der Waals surface area contributed by atoms with E-state index in [1.165, 1.54) is 19.4 Å². The van der Waals surface area contributed by atoms with E-state index in [1.54, 1.807) is 4.90 Å². The Morgan fingerprint density at radius 1 is 1.46 bits per heavy atom. The van der Waals surface area contributed by atoms with Crippen molar-refractivity contribution in [2.45, 2.75) is 31.8 Å². The first-order valence-electron chi connectivity index (χ1n) is 4.73. The standard InChI is InChI=1S/C10H17NO2/c1-3-10(2,13)9(12)11-7-5-4-6-8-11/h3,13H,1,4-8H2,2H3. The van der Waals surface area contributed by atoms with Gasteiger partial charge in [-0.3, -0.25) is 4.79 Å². The van der Waals surface area contributed by atoms with Crippen molar-refractivity contribution < 1.29 is 9.90 Å². The molecule has 3 heteroatoms. The fourth-order valence-electron chi connectivity index (χ4n) is 1.50. The highest BCUT2D eigenvalue weighted by Crippen LogP contribution is 2.15. The Labute approximate surface area is 79.0 Å². The van der Waals surface area contributed by atoms with Crippen LogP contribution in [-0.2, 0) is 4.79 Å². The van der Waals surface area contributed by atoms with Crippen molar-refractivity contribution in [3.05, 3.63) is 12.7 Å². The second-order valence-electron chi connectivity index (χ2n) is 3.70. The topological polar surface area (TPSA) is 40.5 Å². The average molecular weight is 183 g/mol. The minimum atomic E-state index is -1.39. The van der Waals surface area contributed by atoms with Gasteiger partial charge in [0.05, 0.1) is 0 Å². The van der Waals surface area contributed by atoms with Gasteiger partial charge in [-0.2, -0.15) is 0 Å². The zero-order chi connectivity index (χ0) is 9.90. The fraction of sp³-hybridized carbons (Fsp3) is 0.700. The molecule has 0 saturated carbocycles. The molecule has 0 aliphatic carbocycles. The number of carbonyl (C=O) groups is 1. The van der Waals surface area contributed by atoms with Crippen LogP contribution in [0.3, 0.4) is 0 Å². The van der Waals surface area contributed by atoms with Crippen LogP contribution in [0.2, 0.25) is 0 Å². The third-order valence-electron chi connectivity index (χ3n) is 2.47. The molecule has 1 atom stereocenters. The maximum atomic E-state index is 11.7. The van der Waals surface area contributed by atoms with Gasteiger partial charge in [-0.05, 0) is 26.2 Å². The number of carbonyl (C=O) groups excluding carboxylic acids is 1. The van der Waals surface area contributed by atoms with E-state index < -0.39 is 5.60 Å². The number of piperidine rings is 1. The van der Waals surface area contributed by atoms with Crippen molar-refractivity contribution in [1.29, 1.82) is 0 Å². The largest absolute Gasteiger partial charge is 0.376 e. The molecule has 0 spiro atoms. The first kappa shape index (κ1) is 10.3. The molecule has 0 aromatic carbocycles. The van der Waals surface area contributed by atoms with Crippen molar-refractivity contribution in [1.82, 2.24) is 4.90 Å². The molecule has 1 N–H and O–H groups in total. The molecule has 1 saturated heterocycles. The smallest absolute Gasteiger partial charge is 0.258 e. The van der Waals surface area contributed by atoms with E-state index in [4.69, 9.17) is 0 Å². The van der Waals surface area contributed by atoms with Gasteiger partial charge in [0.2, 0.25) is 0 Å². The summed E-state index contributed by atoms with van der Waals surface area (Å²) in [6, 6.07) is 0. The Bertz CT molecular complexity index is 205. The van der Waals surface area contributed by atoms with E-state index in [9.17, 15) is 9.90 Å². The molecule has 1 aliphatic rings. The van der Waals surface area contributed by atoms with Crippen molar-refractivity contribution >= 4 is 5.91 Å². The number of rotatable bonds is 2. The number of hydrogen-bond acceptors (Lipinski definition) is 2. The zero-order valence-corrected chi connectivity index (χ0v) is 8.12. The minimum absolute atomic E-state index is 0.220. The van der Waals surface area contributed by atoms with Crippen LogP contribution in [0.5, 0.6) is 0 Å². The van der Waals surface area contributed by atoms with Crippen LogP contribution in [0.15, 0.2) is 12.7 Å². The number of nitrogens with zero attached hydrogens (tertiary/aromatic N) is 1. The summed E-state index contributed by atoms with van der Waals surface area (Å²) in [5, 5.41) is 9.63. The number of aliphatic hydroxyl groups is 1. The van der Waals surface area contributed by atoms with Crippen LogP contribution >= 0.6 is 0 Å². The molecule has 0 aromatic heterocycles. The quantitative estimate of drug-likeness (QED) is 0.647. The van der Waals surface area contributed by atoms with E-state index in [0.29, 0.717) is 0 Å². The van der Waals surface area contributed by atoms with Gasteiger partial charge in [-0.15, -0.1) is 0 Å². The van der Waals surface area contributed by atoms with E-state index in [2.05, 4.69) is 6.58 Å². The van der Waals surface area contributed by atoms with Crippen molar-refractivity contribution in [3.63, 3.8) is 0 Å². The lowest BCUT2D eigenvalue weighted by Crippen LogP contribution is -2.47. The Morgan fingerprint density at radius 3 is 2.46 bits per heavy atom. The van der Waals surface area contributed by atoms with E-state index in [0.717, 1.165) is 25.9 Å². The summed E-state index contributed by atoms with van der Waals surface area (Å²) in [5.41, 5.74) is -1.39. The summed E-state index contributed by atoms with van der Waals surface area (Å²) in [5.74, 6) is -0.220. The molecule has 74 valence electrons. The van der Waals surface area contributed by atoms with Crippen molar-refractivity contribution in [2.24, 2.45) is 0 Å². The molecule has 1 fully saturated rings. The van der Waals surface area contributed by atoms with Crippen LogP contribution in [0, 0.1) is 0 Å². The first-order valence-corrected chi connectivity index (χ1v) is 4.73. The predicted molar refractivity (Wildman–Crippen MR) is 51.3 cm³/mol. The van der Waals surface area contributed by atoms with E-state index in [-0.39, 0.29) is 5.91 Å². The second kappa shape index (κ2) is 3.92. The molecule has 1 heterocycles. The highest BCUT2D eigenvalue weighted by atomic mass is 16.3. The molecule has 0 bridgehead atoms. The molecule has 13 heavy (non-hydrogen) atoms. The molecular formula is C10H17NO2. The van der Waals surface area contributed by atoms with Gasteiger partial charge < -0.3 is 10.0 Å². The second-order valence-corrected chi connectivity index (χ2v) is 3.70. The highest BCUT2D eigenvalue weighted by molar-refractivity contribution is 5.86. The highest BCUT2D eigenvalue weighted by Gasteiger charge is 2.31. The Hall–Kier alpha value is -0.830. The lowest BCUT2D eigenvalue weighted by molar-refractivity contribution is -0.146. The summed E-state index contributed by atoms with van der Waals surface area (Å²) in [6.45, 7) is 6.47. The third kappa shape index (κ3) is 2.31. The molecular weight excluding hydrogens is 166 g/mol. The molecule has 1 rings (SSSR count). The van der Waals surface area contributed by atoms with Crippen LogP contribution in [0.4, 0.5) is 0 Å². The summed E-state index contributed by atoms with van der Waals surface area (Å²) in [7, 11) is 0. The molecule has 3 nitrogen and oxygen atoms in total. The van der Waals surface area contributed by atoms with Crippen LogP contribution < -0.4 is 0 Å². The van der Waals surface area contributed by atoms with Gasteiger partial charge in [-0.1, -0.05) is 12.7 Å². The Kier molecular flexibility index (Phi) is 3.09. The number of likely N-dealkylation sites (tertiary alicyclic amines) is 1. The summed E-state index contributed by atoms with van der Waals surface area (Å²) in [6.07, 6.45) is 4.56. The summed E-state index contributed by atoms with van der Waals surface area (Å²) < 4.78 is 0. The molecule has 0 radical (unpaired) electrons.